The van der Waals surface area contributed by atoms with Crippen molar-refractivity contribution in [1.82, 2.24) is 5.32 Å². The van der Waals surface area contributed by atoms with Gasteiger partial charge >= 0.3 is 5.97 Å². The van der Waals surface area contributed by atoms with Gasteiger partial charge in [-0.3, -0.25) is 14.4 Å². The van der Waals surface area contributed by atoms with E-state index in [1.54, 1.807) is 79.7 Å². The molecule has 2 amide bonds. The van der Waals surface area contributed by atoms with Gasteiger partial charge in [-0.25, -0.2) is 0 Å². The lowest BCUT2D eigenvalue weighted by atomic mass is 10.1. The van der Waals surface area contributed by atoms with Gasteiger partial charge < -0.3 is 15.4 Å². The maximum absolute atomic E-state index is 13.1. The molecule has 0 spiro atoms. The monoisotopic (exact) mass is 528 g/mol. The number of amides is 2. The summed E-state index contributed by atoms with van der Waals surface area (Å²) in [4.78, 5) is 38.2. The molecule has 0 saturated heterocycles. The molecule has 0 bridgehead atoms. The molecular weight excluding hydrogens is 507 g/mol. The van der Waals surface area contributed by atoms with Gasteiger partial charge in [0.1, 0.15) is 5.70 Å². The van der Waals surface area contributed by atoms with Gasteiger partial charge in [0.15, 0.2) is 0 Å². The first-order valence-corrected chi connectivity index (χ1v) is 12.3. The first-order valence-electron chi connectivity index (χ1n) is 10.6. The smallest absolute Gasteiger partial charge is 0.316 e. The number of halogens is 2. The predicted octanol–water partition coefficient (Wildman–Crippen LogP) is 6.06. The van der Waals surface area contributed by atoms with E-state index in [0.29, 0.717) is 28.4 Å². The molecule has 0 fully saturated rings. The summed E-state index contributed by atoms with van der Waals surface area (Å²) in [6.45, 7) is 2.09. The van der Waals surface area contributed by atoms with Gasteiger partial charge in [0.25, 0.3) is 11.8 Å². The van der Waals surface area contributed by atoms with Gasteiger partial charge in [0.2, 0.25) is 0 Å². The second-order valence-corrected chi connectivity index (χ2v) is 8.93. The minimum atomic E-state index is -0.544. The van der Waals surface area contributed by atoms with Crippen LogP contribution in [-0.2, 0) is 14.3 Å². The summed E-state index contributed by atoms with van der Waals surface area (Å²) in [5.41, 5.74) is 1.37. The molecule has 0 aliphatic heterocycles. The van der Waals surface area contributed by atoms with Crippen molar-refractivity contribution in [3.8, 4) is 0 Å². The van der Waals surface area contributed by atoms with E-state index in [-0.39, 0.29) is 22.4 Å². The van der Waals surface area contributed by atoms with Gasteiger partial charge in [-0.15, -0.1) is 11.8 Å². The van der Waals surface area contributed by atoms with Crippen molar-refractivity contribution in [3.63, 3.8) is 0 Å². The van der Waals surface area contributed by atoms with Crippen molar-refractivity contribution < 1.29 is 19.1 Å². The van der Waals surface area contributed by atoms with Crippen LogP contribution in [-0.4, -0.2) is 30.1 Å². The third kappa shape index (κ3) is 7.89. The highest BCUT2D eigenvalue weighted by atomic mass is 35.5. The number of rotatable bonds is 9. The lowest BCUT2D eigenvalue weighted by Crippen LogP contribution is -2.30. The van der Waals surface area contributed by atoms with Crippen LogP contribution in [0.25, 0.3) is 6.08 Å². The first-order chi connectivity index (χ1) is 16.9. The van der Waals surface area contributed by atoms with Gasteiger partial charge in [0, 0.05) is 16.1 Å². The summed E-state index contributed by atoms with van der Waals surface area (Å²) >= 11 is 13.7. The SMILES string of the molecule is CCOC(=O)CSc1ccc(NC(=O)/C(=C/c2cccc(Cl)c2Cl)NC(=O)c2ccccc2)cc1. The van der Waals surface area contributed by atoms with E-state index >= 15 is 0 Å². The molecule has 3 rings (SSSR count). The van der Waals surface area contributed by atoms with Gasteiger partial charge in [-0.1, -0.05) is 53.5 Å². The Balaban J connectivity index is 1.78. The molecule has 35 heavy (non-hydrogen) atoms. The normalized spacial score (nSPS) is 11.0. The second-order valence-electron chi connectivity index (χ2n) is 7.09. The molecule has 2 N–H and O–H groups in total. The maximum Gasteiger partial charge on any atom is 0.316 e. The summed E-state index contributed by atoms with van der Waals surface area (Å²) in [6.07, 6.45) is 1.47. The van der Waals surface area contributed by atoms with Crippen molar-refractivity contribution >= 4 is 64.5 Å². The minimum absolute atomic E-state index is 0.0104. The number of esters is 1. The number of benzene rings is 3. The summed E-state index contributed by atoms with van der Waals surface area (Å²) in [6, 6.07) is 20.5. The Labute approximate surface area is 217 Å². The summed E-state index contributed by atoms with van der Waals surface area (Å²) in [5, 5.41) is 6.01. The highest BCUT2D eigenvalue weighted by molar-refractivity contribution is 8.00. The molecule has 0 radical (unpaired) electrons. The molecule has 0 atom stereocenters. The van der Waals surface area contributed by atoms with E-state index in [0.717, 1.165) is 4.90 Å². The molecule has 6 nitrogen and oxygen atoms in total. The highest BCUT2D eigenvalue weighted by Crippen LogP contribution is 2.27. The number of carbonyl (C=O) groups excluding carboxylic acids is 3. The third-order valence-electron chi connectivity index (χ3n) is 4.58. The molecule has 0 aromatic heterocycles. The topological polar surface area (TPSA) is 84.5 Å². The zero-order chi connectivity index (χ0) is 25.2. The van der Waals surface area contributed by atoms with Gasteiger partial charge in [-0.2, -0.15) is 0 Å². The molecular formula is C26H22Cl2N2O4S. The lowest BCUT2D eigenvalue weighted by Gasteiger charge is -2.12. The van der Waals surface area contributed by atoms with Crippen LogP contribution in [0.5, 0.6) is 0 Å². The zero-order valence-corrected chi connectivity index (χ0v) is 21.0. The summed E-state index contributed by atoms with van der Waals surface area (Å²) in [5.74, 6) is -1.09. The Morgan fingerprint density at radius 3 is 2.34 bits per heavy atom. The number of anilines is 1. The molecule has 3 aromatic carbocycles. The van der Waals surface area contributed by atoms with E-state index in [1.807, 2.05) is 0 Å². The largest absolute Gasteiger partial charge is 0.465 e. The third-order valence-corrected chi connectivity index (χ3v) is 6.40. The van der Waals surface area contributed by atoms with Crippen LogP contribution in [0.2, 0.25) is 10.0 Å². The molecule has 9 heteroatoms. The van der Waals surface area contributed by atoms with Gasteiger partial charge in [-0.05, 0) is 61.0 Å². The molecule has 0 saturated carbocycles. The molecule has 3 aromatic rings. The van der Waals surface area contributed by atoms with Crippen LogP contribution in [0.3, 0.4) is 0 Å². The minimum Gasteiger partial charge on any atom is -0.465 e. The fourth-order valence-electron chi connectivity index (χ4n) is 2.91. The number of nitrogens with one attached hydrogen (secondary N) is 2. The standard InChI is InChI=1S/C26H22Cl2N2O4S/c1-2-34-23(31)16-35-20-13-11-19(12-14-20)29-26(33)22(15-18-9-6-10-21(27)24(18)28)30-25(32)17-7-4-3-5-8-17/h3-15H,2,16H2,1H3,(H,29,33)(H,30,32)/b22-15-. The Morgan fingerprint density at radius 1 is 0.943 bits per heavy atom. The fourth-order valence-corrected chi connectivity index (χ4v) is 3.97. The van der Waals surface area contributed by atoms with Crippen LogP contribution in [0.15, 0.2) is 83.4 Å². The average molecular weight is 529 g/mol. The number of ether oxygens (including phenoxy) is 1. The van der Waals surface area contributed by atoms with E-state index in [1.165, 1.54) is 17.8 Å². The van der Waals surface area contributed by atoms with Crippen molar-refractivity contribution in [2.24, 2.45) is 0 Å². The number of thioether (sulfide) groups is 1. The Hall–Kier alpha value is -3.26. The van der Waals surface area contributed by atoms with Crippen molar-refractivity contribution in [3.05, 3.63) is 99.7 Å². The molecule has 0 heterocycles. The molecule has 0 unspecified atom stereocenters. The van der Waals surface area contributed by atoms with E-state index < -0.39 is 11.8 Å². The van der Waals surface area contributed by atoms with Crippen molar-refractivity contribution in [2.45, 2.75) is 11.8 Å². The second kappa shape index (κ2) is 13.0. The van der Waals surface area contributed by atoms with Gasteiger partial charge in [0.05, 0.1) is 22.4 Å². The highest BCUT2D eigenvalue weighted by Gasteiger charge is 2.16. The fraction of sp³-hybridized carbons (Fsp3) is 0.115. The van der Waals surface area contributed by atoms with E-state index in [9.17, 15) is 14.4 Å². The Kier molecular flexibility index (Phi) is 9.78. The number of hydrogen-bond acceptors (Lipinski definition) is 5. The molecule has 180 valence electrons. The van der Waals surface area contributed by atoms with Crippen LogP contribution < -0.4 is 10.6 Å². The van der Waals surface area contributed by atoms with Crippen LogP contribution in [0, 0.1) is 0 Å². The molecule has 0 aliphatic rings. The van der Waals surface area contributed by atoms with Crippen molar-refractivity contribution in [1.29, 1.82) is 0 Å². The maximum atomic E-state index is 13.1. The zero-order valence-electron chi connectivity index (χ0n) is 18.7. The van der Waals surface area contributed by atoms with E-state index in [2.05, 4.69) is 10.6 Å². The summed E-state index contributed by atoms with van der Waals surface area (Å²) < 4.78 is 4.92. The van der Waals surface area contributed by atoms with Crippen LogP contribution in [0.1, 0.15) is 22.8 Å². The predicted molar refractivity (Wildman–Crippen MR) is 141 cm³/mol. The first kappa shape index (κ1) is 26.3. The summed E-state index contributed by atoms with van der Waals surface area (Å²) in [7, 11) is 0. The van der Waals surface area contributed by atoms with Crippen LogP contribution >= 0.6 is 35.0 Å². The van der Waals surface area contributed by atoms with E-state index in [4.69, 9.17) is 27.9 Å². The average Bonchev–Trinajstić information content (AvgIpc) is 2.86. The number of carbonyl (C=O) groups is 3. The van der Waals surface area contributed by atoms with Crippen molar-refractivity contribution in [2.75, 3.05) is 17.7 Å². The molecule has 0 aliphatic carbocycles. The van der Waals surface area contributed by atoms with Crippen LogP contribution in [0.4, 0.5) is 5.69 Å². The lowest BCUT2D eigenvalue weighted by molar-refractivity contribution is -0.139. The Bertz CT molecular complexity index is 1230. The quantitative estimate of drug-likeness (QED) is 0.200. The number of hydrogen-bond donors (Lipinski definition) is 2. The Morgan fingerprint density at radius 2 is 1.66 bits per heavy atom.